The number of hydrogen-bond acceptors (Lipinski definition) is 4. The lowest BCUT2D eigenvalue weighted by atomic mass is 10.0. The van der Waals surface area contributed by atoms with Gasteiger partial charge < -0.3 is 20.7 Å². The second-order valence-corrected chi connectivity index (χ2v) is 4.86. The van der Waals surface area contributed by atoms with E-state index in [1.807, 2.05) is 6.92 Å². The topological polar surface area (TPSA) is 79.5 Å². The molecule has 0 radical (unpaired) electrons. The predicted octanol–water partition coefficient (Wildman–Crippen LogP) is -0.994. The van der Waals surface area contributed by atoms with Crippen molar-refractivity contribution in [2.45, 2.75) is 31.8 Å². The Balaban J connectivity index is 1.75. The highest BCUT2D eigenvalue weighted by Crippen LogP contribution is 2.14. The highest BCUT2D eigenvalue weighted by atomic mass is 16.5. The highest BCUT2D eigenvalue weighted by molar-refractivity contribution is 5.81. The van der Waals surface area contributed by atoms with Crippen LogP contribution in [0.3, 0.4) is 0 Å². The Morgan fingerprint density at radius 1 is 1.50 bits per heavy atom. The van der Waals surface area contributed by atoms with Crippen LogP contribution < -0.4 is 16.0 Å². The van der Waals surface area contributed by atoms with Crippen molar-refractivity contribution in [2.24, 2.45) is 5.92 Å². The van der Waals surface area contributed by atoms with Gasteiger partial charge in [-0.1, -0.05) is 6.92 Å². The molecule has 2 rings (SSSR count). The number of nitrogens with one attached hydrogen (secondary N) is 3. The number of hydrogen-bond donors (Lipinski definition) is 3. The summed E-state index contributed by atoms with van der Waals surface area (Å²) < 4.78 is 5.34. The van der Waals surface area contributed by atoms with Crippen LogP contribution in [-0.2, 0) is 14.3 Å². The molecule has 0 aromatic rings. The van der Waals surface area contributed by atoms with E-state index in [2.05, 4.69) is 16.0 Å². The summed E-state index contributed by atoms with van der Waals surface area (Å²) in [5.41, 5.74) is 0. The molecule has 2 fully saturated rings. The van der Waals surface area contributed by atoms with Gasteiger partial charge in [0.05, 0.1) is 19.1 Å². The Bertz CT molecular complexity index is 322. The predicted molar refractivity (Wildman–Crippen MR) is 65.9 cm³/mol. The van der Waals surface area contributed by atoms with Crippen LogP contribution in [0.15, 0.2) is 0 Å². The van der Waals surface area contributed by atoms with Crippen molar-refractivity contribution in [3.05, 3.63) is 0 Å². The van der Waals surface area contributed by atoms with Crippen LogP contribution in [0, 0.1) is 5.92 Å². The average Bonchev–Trinajstić information content (AvgIpc) is 2.96. The van der Waals surface area contributed by atoms with Gasteiger partial charge in [0.1, 0.15) is 0 Å². The average molecular weight is 255 g/mol. The van der Waals surface area contributed by atoms with Crippen molar-refractivity contribution in [2.75, 3.05) is 26.3 Å². The Kier molecular flexibility index (Phi) is 4.54. The van der Waals surface area contributed by atoms with E-state index in [1.165, 1.54) is 0 Å². The minimum absolute atomic E-state index is 0.0135. The first-order valence-corrected chi connectivity index (χ1v) is 6.59. The summed E-state index contributed by atoms with van der Waals surface area (Å²) in [7, 11) is 0. The molecular formula is C12H21N3O3. The number of rotatable bonds is 5. The molecule has 3 unspecified atom stereocenters. The van der Waals surface area contributed by atoms with Gasteiger partial charge in [-0.2, -0.15) is 0 Å². The van der Waals surface area contributed by atoms with Gasteiger partial charge in [-0.3, -0.25) is 9.59 Å². The largest absolute Gasteiger partial charge is 0.379 e. The van der Waals surface area contributed by atoms with Gasteiger partial charge in [-0.25, -0.2) is 0 Å². The Morgan fingerprint density at radius 3 is 3.00 bits per heavy atom. The van der Waals surface area contributed by atoms with E-state index in [1.54, 1.807) is 0 Å². The molecule has 3 N–H and O–H groups in total. The summed E-state index contributed by atoms with van der Waals surface area (Å²) in [6, 6.07) is 0.189. The number of carbonyl (C=O) groups is 2. The molecule has 6 nitrogen and oxygen atoms in total. The number of likely N-dealkylation sites (N-methyl/N-ethyl adjacent to an activating group) is 1. The van der Waals surface area contributed by atoms with Crippen molar-refractivity contribution in [3.8, 4) is 0 Å². The van der Waals surface area contributed by atoms with Crippen molar-refractivity contribution < 1.29 is 14.3 Å². The third kappa shape index (κ3) is 3.20. The van der Waals surface area contributed by atoms with E-state index in [9.17, 15) is 9.59 Å². The molecule has 2 aliphatic heterocycles. The van der Waals surface area contributed by atoms with Crippen molar-refractivity contribution in [1.29, 1.82) is 0 Å². The van der Waals surface area contributed by atoms with Gasteiger partial charge in [-0.05, 0) is 13.0 Å². The van der Waals surface area contributed by atoms with E-state index in [-0.39, 0.29) is 29.8 Å². The number of amides is 2. The zero-order valence-corrected chi connectivity index (χ0v) is 10.7. The van der Waals surface area contributed by atoms with Crippen LogP contribution in [0.5, 0.6) is 0 Å². The Hall–Kier alpha value is -1.14. The summed E-state index contributed by atoms with van der Waals surface area (Å²) in [5.74, 6) is -0.0365. The smallest absolute Gasteiger partial charge is 0.227 e. The molecular weight excluding hydrogens is 234 g/mol. The maximum absolute atomic E-state index is 12.0. The zero-order valence-electron chi connectivity index (χ0n) is 10.7. The first kappa shape index (κ1) is 13.3. The molecule has 0 spiro atoms. The fraction of sp³-hybridized carbons (Fsp3) is 0.833. The molecule has 0 aromatic heterocycles. The van der Waals surface area contributed by atoms with Crippen molar-refractivity contribution >= 4 is 11.8 Å². The van der Waals surface area contributed by atoms with Gasteiger partial charge >= 0.3 is 0 Å². The van der Waals surface area contributed by atoms with E-state index in [4.69, 9.17) is 4.74 Å². The summed E-state index contributed by atoms with van der Waals surface area (Å²) in [4.78, 5) is 23.1. The Labute approximate surface area is 107 Å². The maximum atomic E-state index is 12.0. The molecule has 0 saturated carbocycles. The molecule has 102 valence electrons. The molecule has 2 saturated heterocycles. The van der Waals surface area contributed by atoms with Crippen LogP contribution in [0.1, 0.15) is 19.8 Å². The van der Waals surface area contributed by atoms with Crippen molar-refractivity contribution in [3.63, 3.8) is 0 Å². The van der Waals surface area contributed by atoms with E-state index in [0.29, 0.717) is 26.2 Å². The van der Waals surface area contributed by atoms with E-state index < -0.39 is 0 Å². The van der Waals surface area contributed by atoms with Gasteiger partial charge in [0.25, 0.3) is 0 Å². The van der Waals surface area contributed by atoms with Gasteiger partial charge in [0, 0.05) is 25.0 Å². The van der Waals surface area contributed by atoms with Crippen LogP contribution >= 0.6 is 0 Å². The molecule has 2 aliphatic rings. The third-order valence-electron chi connectivity index (χ3n) is 3.49. The lowest BCUT2D eigenvalue weighted by molar-refractivity contribution is -0.125. The van der Waals surface area contributed by atoms with Crippen LogP contribution in [0.25, 0.3) is 0 Å². The molecule has 18 heavy (non-hydrogen) atoms. The van der Waals surface area contributed by atoms with Gasteiger partial charge in [0.15, 0.2) is 0 Å². The fourth-order valence-electron chi connectivity index (χ4n) is 2.46. The lowest BCUT2D eigenvalue weighted by Crippen LogP contribution is -2.46. The first-order chi connectivity index (χ1) is 8.70. The fourth-order valence-corrected chi connectivity index (χ4v) is 2.46. The monoisotopic (exact) mass is 255 g/mol. The number of ether oxygens (including phenoxy) is 1. The molecule has 0 aromatic carbocycles. The molecule has 0 aliphatic carbocycles. The summed E-state index contributed by atoms with van der Waals surface area (Å²) in [6.07, 6.45) is 1.37. The first-order valence-electron chi connectivity index (χ1n) is 6.59. The molecule has 2 amide bonds. The molecule has 3 atom stereocenters. The minimum Gasteiger partial charge on any atom is -0.379 e. The quantitative estimate of drug-likeness (QED) is 0.589. The minimum atomic E-state index is -0.123. The normalized spacial score (nSPS) is 31.4. The highest BCUT2D eigenvalue weighted by Gasteiger charge is 2.33. The third-order valence-corrected chi connectivity index (χ3v) is 3.49. The Morgan fingerprint density at radius 2 is 2.33 bits per heavy atom. The van der Waals surface area contributed by atoms with Gasteiger partial charge in [0.2, 0.25) is 11.8 Å². The van der Waals surface area contributed by atoms with Crippen molar-refractivity contribution in [1.82, 2.24) is 16.0 Å². The second-order valence-electron chi connectivity index (χ2n) is 4.86. The van der Waals surface area contributed by atoms with E-state index in [0.717, 1.165) is 13.0 Å². The number of carbonyl (C=O) groups excluding carboxylic acids is 2. The summed E-state index contributed by atoms with van der Waals surface area (Å²) >= 11 is 0. The lowest BCUT2D eigenvalue weighted by Gasteiger charge is -2.19. The van der Waals surface area contributed by atoms with Gasteiger partial charge in [-0.15, -0.1) is 0 Å². The standard InChI is InChI=1S/C12H21N3O3/c1-2-13-10-7-18-6-9(10)12(17)14-5-8-3-4-11(16)15-8/h8-10,13H,2-7H2,1H3,(H,14,17)(H,15,16). The van der Waals surface area contributed by atoms with Crippen LogP contribution in [-0.4, -0.2) is 50.2 Å². The molecule has 6 heteroatoms. The van der Waals surface area contributed by atoms with Crippen LogP contribution in [0.4, 0.5) is 0 Å². The SMILES string of the molecule is CCNC1COCC1C(=O)NCC1CCC(=O)N1. The molecule has 2 heterocycles. The van der Waals surface area contributed by atoms with Crippen LogP contribution in [0.2, 0.25) is 0 Å². The maximum Gasteiger partial charge on any atom is 0.227 e. The summed E-state index contributed by atoms with van der Waals surface area (Å²) in [6.45, 7) is 4.42. The second kappa shape index (κ2) is 6.15. The zero-order chi connectivity index (χ0) is 13.0. The molecule has 0 bridgehead atoms. The van der Waals surface area contributed by atoms with E-state index >= 15 is 0 Å². The summed E-state index contributed by atoms with van der Waals surface area (Å²) in [5, 5.41) is 8.99.